The van der Waals surface area contributed by atoms with E-state index in [0.29, 0.717) is 24.6 Å². The molecule has 1 N–H and O–H groups in total. The maximum Gasteiger partial charge on any atom is 0.274 e. The smallest absolute Gasteiger partial charge is 0.274 e. The van der Waals surface area contributed by atoms with E-state index in [0.717, 1.165) is 10.7 Å². The quantitative estimate of drug-likeness (QED) is 0.243. The molecule has 0 spiro atoms. The Hall–Kier alpha value is -1.75. The summed E-state index contributed by atoms with van der Waals surface area (Å²) >= 11 is 1.61. The minimum Gasteiger partial charge on any atom is -0.352 e. The van der Waals surface area contributed by atoms with Crippen LogP contribution in [0.5, 0.6) is 0 Å². The second-order valence-electron chi connectivity index (χ2n) is 5.00. The fraction of sp³-hybridized carbons (Fsp3) is 0.333. The molecule has 0 amide bonds. The number of hydrogen-bond donors (Lipinski definition) is 1. The molecule has 0 unspecified atom stereocenters. The molecular weight excluding hydrogens is 441 g/mol. The first kappa shape index (κ1) is 20.3. The first-order chi connectivity index (χ1) is 11.0. The van der Waals surface area contributed by atoms with E-state index in [1.165, 1.54) is 6.07 Å². The van der Waals surface area contributed by atoms with E-state index >= 15 is 0 Å². The molecule has 0 radical (unpaired) electrons. The van der Waals surface area contributed by atoms with Crippen molar-refractivity contribution in [3.05, 3.63) is 56.0 Å². The molecule has 2 aromatic rings. The molecule has 9 heteroatoms. The molecule has 0 fully saturated rings. The van der Waals surface area contributed by atoms with Crippen LogP contribution in [0.1, 0.15) is 16.3 Å². The lowest BCUT2D eigenvalue weighted by molar-refractivity contribution is -0.385. The average Bonchev–Trinajstić information content (AvgIpc) is 2.93. The summed E-state index contributed by atoms with van der Waals surface area (Å²) in [7, 11) is 3.59. The van der Waals surface area contributed by atoms with Crippen molar-refractivity contribution in [3.63, 3.8) is 0 Å². The van der Waals surface area contributed by atoms with Gasteiger partial charge in [0.2, 0.25) is 0 Å². The van der Waals surface area contributed by atoms with E-state index < -0.39 is 0 Å². The Balaban J connectivity index is 0.00000288. The zero-order valence-electron chi connectivity index (χ0n) is 13.7. The second-order valence-corrected chi connectivity index (χ2v) is 6.06. The van der Waals surface area contributed by atoms with Crippen molar-refractivity contribution >= 4 is 47.0 Å². The summed E-state index contributed by atoms with van der Waals surface area (Å²) in [5, 5.41) is 17.2. The van der Waals surface area contributed by atoms with E-state index in [1.54, 1.807) is 36.6 Å². The number of aliphatic imine (C=N–C) groups is 1. The fourth-order valence-electron chi connectivity index (χ4n) is 2.20. The van der Waals surface area contributed by atoms with Gasteiger partial charge in [-0.25, -0.2) is 4.98 Å². The standard InChI is InChI=1S/C15H19N5O2S.HI/c1-11-18-13(10-23-11)9-19(3)15(16-2)17-8-12-6-4-5-7-14(12)20(21)22;/h4-7,10H,8-9H2,1-3H3,(H,16,17);1H. The first-order valence-corrected chi connectivity index (χ1v) is 7.94. The Morgan fingerprint density at radius 2 is 2.17 bits per heavy atom. The zero-order chi connectivity index (χ0) is 16.8. The topological polar surface area (TPSA) is 83.7 Å². The Labute approximate surface area is 162 Å². The number of nitro groups is 1. The third-order valence-corrected chi connectivity index (χ3v) is 4.09. The van der Waals surface area contributed by atoms with Crippen LogP contribution in [-0.2, 0) is 13.1 Å². The Kier molecular flexibility index (Phi) is 8.05. The monoisotopic (exact) mass is 461 g/mol. The van der Waals surface area contributed by atoms with Crippen molar-refractivity contribution in [2.24, 2.45) is 4.99 Å². The minimum atomic E-state index is -0.373. The zero-order valence-corrected chi connectivity index (χ0v) is 16.9. The van der Waals surface area contributed by atoms with Gasteiger partial charge in [0.05, 0.1) is 22.2 Å². The molecule has 0 saturated carbocycles. The molecule has 0 aliphatic rings. The van der Waals surface area contributed by atoms with E-state index in [9.17, 15) is 10.1 Å². The third-order valence-electron chi connectivity index (χ3n) is 3.26. The molecule has 130 valence electrons. The van der Waals surface area contributed by atoms with Gasteiger partial charge in [0.25, 0.3) is 5.69 Å². The summed E-state index contributed by atoms with van der Waals surface area (Å²) in [5.41, 5.74) is 1.70. The van der Waals surface area contributed by atoms with Crippen LogP contribution in [0.3, 0.4) is 0 Å². The summed E-state index contributed by atoms with van der Waals surface area (Å²) in [5.74, 6) is 0.661. The largest absolute Gasteiger partial charge is 0.352 e. The lowest BCUT2D eigenvalue weighted by Crippen LogP contribution is -2.38. The van der Waals surface area contributed by atoms with E-state index in [4.69, 9.17) is 0 Å². The Bertz CT molecular complexity index is 719. The molecule has 2 rings (SSSR count). The van der Waals surface area contributed by atoms with Gasteiger partial charge in [0, 0.05) is 37.6 Å². The van der Waals surface area contributed by atoms with Crippen LogP contribution in [0.4, 0.5) is 5.69 Å². The van der Waals surface area contributed by atoms with Gasteiger partial charge >= 0.3 is 0 Å². The number of aryl methyl sites for hydroxylation is 1. The summed E-state index contributed by atoms with van der Waals surface area (Å²) in [6, 6.07) is 6.69. The number of rotatable bonds is 5. The number of nitrogens with zero attached hydrogens (tertiary/aromatic N) is 4. The fourth-order valence-corrected chi connectivity index (χ4v) is 2.80. The molecule has 0 aliphatic carbocycles. The van der Waals surface area contributed by atoms with Crippen molar-refractivity contribution in [3.8, 4) is 0 Å². The predicted molar refractivity (Wildman–Crippen MR) is 107 cm³/mol. The maximum absolute atomic E-state index is 11.0. The predicted octanol–water partition coefficient (Wildman–Crippen LogP) is 3.19. The third kappa shape index (κ3) is 5.41. The van der Waals surface area contributed by atoms with Gasteiger partial charge in [0.1, 0.15) is 0 Å². The number of thiazole rings is 1. The van der Waals surface area contributed by atoms with Gasteiger partial charge in [0.15, 0.2) is 5.96 Å². The number of benzene rings is 1. The van der Waals surface area contributed by atoms with E-state index in [-0.39, 0.29) is 34.6 Å². The molecule has 1 aromatic heterocycles. The number of nitro benzene ring substituents is 1. The van der Waals surface area contributed by atoms with Crippen molar-refractivity contribution in [1.29, 1.82) is 0 Å². The average molecular weight is 461 g/mol. The Morgan fingerprint density at radius 3 is 2.75 bits per heavy atom. The van der Waals surface area contributed by atoms with Crippen molar-refractivity contribution < 1.29 is 4.92 Å². The van der Waals surface area contributed by atoms with Crippen molar-refractivity contribution in [1.82, 2.24) is 15.2 Å². The van der Waals surface area contributed by atoms with Gasteiger partial charge in [-0.1, -0.05) is 18.2 Å². The maximum atomic E-state index is 11.0. The molecular formula is C15H20IN5O2S. The summed E-state index contributed by atoms with van der Waals surface area (Å²) in [4.78, 5) is 21.2. The minimum absolute atomic E-state index is 0. The van der Waals surface area contributed by atoms with Gasteiger partial charge in [-0.2, -0.15) is 0 Å². The lowest BCUT2D eigenvalue weighted by Gasteiger charge is -2.21. The molecule has 0 bridgehead atoms. The summed E-state index contributed by atoms with van der Waals surface area (Å²) in [6.45, 7) is 2.93. The molecule has 0 saturated heterocycles. The van der Waals surface area contributed by atoms with E-state index in [1.807, 2.05) is 24.3 Å². The highest BCUT2D eigenvalue weighted by atomic mass is 127. The van der Waals surface area contributed by atoms with Gasteiger partial charge in [-0.15, -0.1) is 35.3 Å². The molecule has 1 aromatic carbocycles. The van der Waals surface area contributed by atoms with Crippen molar-refractivity contribution in [2.75, 3.05) is 14.1 Å². The van der Waals surface area contributed by atoms with E-state index in [2.05, 4.69) is 15.3 Å². The van der Waals surface area contributed by atoms with Gasteiger partial charge in [-0.3, -0.25) is 15.1 Å². The molecule has 7 nitrogen and oxygen atoms in total. The highest BCUT2D eigenvalue weighted by molar-refractivity contribution is 14.0. The van der Waals surface area contributed by atoms with Crippen LogP contribution >= 0.6 is 35.3 Å². The number of halogens is 1. The lowest BCUT2D eigenvalue weighted by atomic mass is 10.2. The van der Waals surface area contributed by atoms with Crippen molar-refractivity contribution in [2.45, 2.75) is 20.0 Å². The van der Waals surface area contributed by atoms with Crippen LogP contribution in [0.15, 0.2) is 34.6 Å². The van der Waals surface area contributed by atoms with Crippen LogP contribution in [0.25, 0.3) is 0 Å². The number of hydrogen-bond acceptors (Lipinski definition) is 5. The molecule has 0 aliphatic heterocycles. The summed E-state index contributed by atoms with van der Waals surface area (Å²) in [6.07, 6.45) is 0. The molecule has 1 heterocycles. The SMILES string of the molecule is CN=C(NCc1ccccc1[N+](=O)[O-])N(C)Cc1csc(C)n1.I. The number of para-hydroxylation sites is 1. The number of guanidine groups is 1. The first-order valence-electron chi connectivity index (χ1n) is 7.06. The van der Waals surface area contributed by atoms with Crippen LogP contribution in [0, 0.1) is 17.0 Å². The molecule has 0 atom stereocenters. The van der Waals surface area contributed by atoms with Crippen LogP contribution < -0.4 is 5.32 Å². The molecule has 24 heavy (non-hydrogen) atoms. The number of nitrogens with one attached hydrogen (secondary N) is 1. The second kappa shape index (κ2) is 9.52. The summed E-state index contributed by atoms with van der Waals surface area (Å²) < 4.78 is 0. The highest BCUT2D eigenvalue weighted by Crippen LogP contribution is 2.17. The normalized spacial score (nSPS) is 10.9. The van der Waals surface area contributed by atoms with Gasteiger partial charge in [-0.05, 0) is 6.92 Å². The highest BCUT2D eigenvalue weighted by Gasteiger charge is 2.14. The van der Waals surface area contributed by atoms with Crippen LogP contribution in [0.2, 0.25) is 0 Å². The Morgan fingerprint density at radius 1 is 1.46 bits per heavy atom. The number of aromatic nitrogens is 1. The van der Waals surface area contributed by atoms with Gasteiger partial charge < -0.3 is 10.2 Å². The van der Waals surface area contributed by atoms with Crippen LogP contribution in [-0.4, -0.2) is 34.9 Å².